The van der Waals surface area contributed by atoms with Crippen LogP contribution in [0.1, 0.15) is 31.1 Å². The summed E-state index contributed by atoms with van der Waals surface area (Å²) in [6.07, 6.45) is 1.25. The number of allylic oxidation sites excluding steroid dienone is 1. The summed E-state index contributed by atoms with van der Waals surface area (Å²) < 4.78 is 23.7. The molecule has 2 aliphatic heterocycles. The molecule has 0 aliphatic carbocycles. The molecule has 0 saturated carbocycles. The maximum Gasteiger partial charge on any atom is 0.338 e. The summed E-state index contributed by atoms with van der Waals surface area (Å²) in [5.74, 6) is -1.81. The van der Waals surface area contributed by atoms with Crippen molar-refractivity contribution in [2.45, 2.75) is 24.5 Å². The highest BCUT2D eigenvalue weighted by Gasteiger charge is 2.52. The minimum Gasteiger partial charge on any atom is -0.459 e. The van der Waals surface area contributed by atoms with E-state index in [9.17, 15) is 14.4 Å². The highest BCUT2D eigenvalue weighted by Crippen LogP contribution is 2.32. The Morgan fingerprint density at radius 1 is 0.750 bits per heavy atom. The summed E-state index contributed by atoms with van der Waals surface area (Å²) in [5.41, 5.74) is 7.48. The minimum atomic E-state index is -1.09. The number of nitrogens with zero attached hydrogens (tertiary/aromatic N) is 1. The molecule has 40 heavy (non-hydrogen) atoms. The predicted octanol–water partition coefficient (Wildman–Crippen LogP) is 3.69. The molecule has 0 spiro atoms. The van der Waals surface area contributed by atoms with E-state index in [1.54, 1.807) is 114 Å². The summed E-state index contributed by atoms with van der Waals surface area (Å²) in [6.45, 7) is 0.119. The molecule has 5 rings (SSSR count). The van der Waals surface area contributed by atoms with Gasteiger partial charge in [0.15, 0.2) is 18.4 Å². The molecular formula is C31H28N2O7. The monoisotopic (exact) mass is 540 g/mol. The zero-order chi connectivity index (χ0) is 27.9. The van der Waals surface area contributed by atoms with E-state index in [2.05, 4.69) is 0 Å². The van der Waals surface area contributed by atoms with Gasteiger partial charge in [-0.05, 0) is 48.6 Å². The third-order valence-electron chi connectivity index (χ3n) is 6.50. The van der Waals surface area contributed by atoms with Crippen LogP contribution in [-0.2, 0) is 18.9 Å². The number of esters is 3. The van der Waals surface area contributed by atoms with Crippen molar-refractivity contribution >= 4 is 17.9 Å². The Labute approximate surface area is 231 Å². The predicted molar refractivity (Wildman–Crippen MR) is 145 cm³/mol. The topological polar surface area (TPSA) is 117 Å². The molecule has 1 saturated heterocycles. The van der Waals surface area contributed by atoms with E-state index in [1.807, 2.05) is 0 Å². The number of hydrogen-bond donors (Lipinski definition) is 1. The molecule has 9 heteroatoms. The molecule has 0 bridgehead atoms. The highest BCUT2D eigenvalue weighted by molar-refractivity contribution is 5.91. The molecule has 0 amide bonds. The molecular weight excluding hydrogens is 512 g/mol. The second-order valence-electron chi connectivity index (χ2n) is 9.22. The average molecular weight is 541 g/mol. The van der Waals surface area contributed by atoms with Crippen LogP contribution in [0.3, 0.4) is 0 Å². The van der Waals surface area contributed by atoms with Gasteiger partial charge in [0, 0.05) is 18.4 Å². The number of carbonyl (C=O) groups excluding carboxylic acids is 3. The number of benzene rings is 3. The van der Waals surface area contributed by atoms with Crippen LogP contribution in [0, 0.1) is 0 Å². The Kier molecular flexibility index (Phi) is 8.22. The summed E-state index contributed by atoms with van der Waals surface area (Å²) in [7, 11) is 0. The number of nitrogens with two attached hydrogens (primary N) is 1. The first-order valence-corrected chi connectivity index (χ1v) is 12.8. The van der Waals surface area contributed by atoms with Crippen molar-refractivity contribution in [3.05, 3.63) is 132 Å². The van der Waals surface area contributed by atoms with Crippen molar-refractivity contribution in [1.29, 1.82) is 0 Å². The average Bonchev–Trinajstić information content (AvgIpc) is 3.33. The maximum atomic E-state index is 13.2. The highest BCUT2D eigenvalue weighted by atomic mass is 16.7. The van der Waals surface area contributed by atoms with Crippen molar-refractivity contribution in [3.63, 3.8) is 0 Å². The molecule has 2 aliphatic rings. The minimum absolute atomic E-state index is 0.244. The third kappa shape index (κ3) is 6.22. The van der Waals surface area contributed by atoms with Gasteiger partial charge in [-0.25, -0.2) is 14.4 Å². The first-order valence-electron chi connectivity index (χ1n) is 12.8. The molecule has 2 heterocycles. The first-order chi connectivity index (χ1) is 19.5. The summed E-state index contributed by atoms with van der Waals surface area (Å²) in [4.78, 5) is 40.8. The van der Waals surface area contributed by atoms with Crippen LogP contribution in [0.5, 0.6) is 0 Å². The van der Waals surface area contributed by atoms with Crippen molar-refractivity contribution in [3.8, 4) is 0 Å². The largest absolute Gasteiger partial charge is 0.459 e. The lowest BCUT2D eigenvalue weighted by Crippen LogP contribution is -2.46. The van der Waals surface area contributed by atoms with Gasteiger partial charge >= 0.3 is 17.9 Å². The van der Waals surface area contributed by atoms with Gasteiger partial charge in [0.05, 0.1) is 16.7 Å². The molecule has 1 fully saturated rings. The molecule has 0 unspecified atom stereocenters. The number of hydrogen-bond acceptors (Lipinski definition) is 9. The fraction of sp³-hybridized carbons (Fsp3) is 0.194. The van der Waals surface area contributed by atoms with Crippen LogP contribution in [-0.4, -0.2) is 60.5 Å². The number of rotatable bonds is 8. The molecule has 0 aromatic heterocycles. The Balaban J connectivity index is 1.43. The fourth-order valence-corrected chi connectivity index (χ4v) is 4.43. The Morgan fingerprint density at radius 2 is 1.25 bits per heavy atom. The van der Waals surface area contributed by atoms with Crippen LogP contribution >= 0.6 is 0 Å². The summed E-state index contributed by atoms with van der Waals surface area (Å²) >= 11 is 0. The van der Waals surface area contributed by atoms with Crippen LogP contribution < -0.4 is 5.73 Å². The molecule has 3 aromatic carbocycles. The fourth-order valence-electron chi connectivity index (χ4n) is 4.43. The van der Waals surface area contributed by atoms with Gasteiger partial charge in [-0.1, -0.05) is 54.6 Å². The lowest BCUT2D eigenvalue weighted by Gasteiger charge is -2.32. The SMILES string of the molecule is NC1=CCN([C@@H]2O[C@H](COC(=O)c3ccccc3)[C@@H](OC(=O)c3ccccc3)[C@H]2OC(=O)c2ccccc2)C=C1. The Morgan fingerprint density at radius 3 is 1.75 bits per heavy atom. The van der Waals surface area contributed by atoms with Crippen molar-refractivity contribution in [2.75, 3.05) is 13.2 Å². The molecule has 0 radical (unpaired) electrons. The molecule has 4 atom stereocenters. The van der Waals surface area contributed by atoms with Gasteiger partial charge in [-0.3, -0.25) is 0 Å². The van der Waals surface area contributed by atoms with Gasteiger partial charge in [-0.2, -0.15) is 0 Å². The van der Waals surface area contributed by atoms with Crippen molar-refractivity contribution in [2.24, 2.45) is 5.73 Å². The van der Waals surface area contributed by atoms with Crippen LogP contribution in [0.2, 0.25) is 0 Å². The standard InChI is InChI=1S/C31H28N2O7/c32-24-16-18-33(19-17-24)28-27(40-31(36)23-14-8-3-9-15-23)26(39-30(35)22-12-6-2-7-13-22)25(38-28)20-37-29(34)21-10-4-1-5-11-21/h1-18,25-28H,19-20,32H2/t25-,26-,27-,28-/m1/s1. The number of ether oxygens (including phenoxy) is 4. The van der Waals surface area contributed by atoms with Crippen molar-refractivity contribution in [1.82, 2.24) is 4.90 Å². The normalized spacial score (nSPS) is 21.8. The molecule has 9 nitrogen and oxygen atoms in total. The zero-order valence-corrected chi connectivity index (χ0v) is 21.5. The van der Waals surface area contributed by atoms with Gasteiger partial charge in [0.2, 0.25) is 0 Å². The van der Waals surface area contributed by atoms with Crippen LogP contribution in [0.15, 0.2) is 115 Å². The third-order valence-corrected chi connectivity index (χ3v) is 6.50. The van der Waals surface area contributed by atoms with E-state index < -0.39 is 42.4 Å². The summed E-state index contributed by atoms with van der Waals surface area (Å²) in [6, 6.07) is 25.4. The zero-order valence-electron chi connectivity index (χ0n) is 21.5. The number of carbonyl (C=O) groups is 3. The van der Waals surface area contributed by atoms with Crippen molar-refractivity contribution < 1.29 is 33.3 Å². The second kappa shape index (κ2) is 12.3. The van der Waals surface area contributed by atoms with Crippen LogP contribution in [0.25, 0.3) is 0 Å². The Hall–Kier alpha value is -4.89. The van der Waals surface area contributed by atoms with E-state index >= 15 is 0 Å². The summed E-state index contributed by atoms with van der Waals surface area (Å²) in [5, 5.41) is 0. The Bertz CT molecular complexity index is 1390. The second-order valence-corrected chi connectivity index (χ2v) is 9.22. The van der Waals surface area contributed by atoms with E-state index in [-0.39, 0.29) is 6.61 Å². The van der Waals surface area contributed by atoms with Crippen LogP contribution in [0.4, 0.5) is 0 Å². The van der Waals surface area contributed by atoms with Gasteiger partial charge in [0.1, 0.15) is 12.7 Å². The lowest BCUT2D eigenvalue weighted by atomic mass is 10.1. The maximum absolute atomic E-state index is 13.2. The smallest absolute Gasteiger partial charge is 0.338 e. The molecule has 3 aromatic rings. The quantitative estimate of drug-likeness (QED) is 0.337. The molecule has 204 valence electrons. The van der Waals surface area contributed by atoms with E-state index in [0.29, 0.717) is 28.9 Å². The first kappa shape index (κ1) is 26.7. The van der Waals surface area contributed by atoms with E-state index in [1.165, 1.54) is 0 Å². The van der Waals surface area contributed by atoms with Gasteiger partial charge in [-0.15, -0.1) is 0 Å². The molecule has 2 N–H and O–H groups in total. The van der Waals surface area contributed by atoms with Gasteiger partial charge < -0.3 is 29.6 Å². The van der Waals surface area contributed by atoms with E-state index in [4.69, 9.17) is 24.7 Å². The van der Waals surface area contributed by atoms with E-state index in [0.717, 1.165) is 0 Å². The lowest BCUT2D eigenvalue weighted by molar-refractivity contribution is -0.0830. The van der Waals surface area contributed by atoms with Gasteiger partial charge in [0.25, 0.3) is 0 Å².